The second-order valence-electron chi connectivity index (χ2n) is 7.91. The van der Waals surface area contributed by atoms with E-state index < -0.39 is 9.84 Å². The lowest BCUT2D eigenvalue weighted by Crippen LogP contribution is -2.14. The van der Waals surface area contributed by atoms with Crippen LogP contribution in [-0.4, -0.2) is 20.1 Å². The van der Waals surface area contributed by atoms with Crippen LogP contribution in [-0.2, 0) is 21.1 Å². The van der Waals surface area contributed by atoms with Gasteiger partial charge in [-0.25, -0.2) is 12.8 Å². The van der Waals surface area contributed by atoms with Gasteiger partial charge in [0, 0.05) is 17.3 Å². The number of ether oxygens (including phenoxy) is 1. The molecule has 5 nitrogen and oxygen atoms in total. The largest absolute Gasteiger partial charge is 0.457 e. The summed E-state index contributed by atoms with van der Waals surface area (Å²) in [5, 5.41) is 2.85. The average Bonchev–Trinajstić information content (AvgIpc) is 2.85. The van der Waals surface area contributed by atoms with Crippen molar-refractivity contribution in [1.29, 1.82) is 0 Å². The summed E-state index contributed by atoms with van der Waals surface area (Å²) in [4.78, 5) is 12.9. The molecule has 0 aliphatic rings. The summed E-state index contributed by atoms with van der Waals surface area (Å²) in [5.74, 6) is 0.472. The van der Waals surface area contributed by atoms with E-state index in [0.29, 0.717) is 33.9 Å². The Hall–Kier alpha value is -3.97. The second kappa shape index (κ2) is 10.5. The zero-order valence-electron chi connectivity index (χ0n) is 19.1. The standard InChI is InChI=1S/C28H24FNO4S/c1-2-35(32,33)25-14-11-20(12-15-25)17-28(31)30-23-13-16-26(21-7-6-8-22(29)18-21)27(19-23)34-24-9-4-3-5-10-24/h3-16,18-19H,2,17H2,1H3,(H,30,31). The van der Waals surface area contributed by atoms with E-state index in [-0.39, 0.29) is 28.8 Å². The van der Waals surface area contributed by atoms with Crippen molar-refractivity contribution in [3.8, 4) is 22.6 Å². The van der Waals surface area contributed by atoms with Crippen LogP contribution in [0.4, 0.5) is 10.1 Å². The third kappa shape index (κ3) is 6.13. The minimum absolute atomic E-state index is 0.0197. The van der Waals surface area contributed by atoms with E-state index in [4.69, 9.17) is 4.74 Å². The van der Waals surface area contributed by atoms with Gasteiger partial charge in [-0.05, 0) is 59.7 Å². The van der Waals surface area contributed by atoms with Crippen LogP contribution in [0.15, 0.2) is 102 Å². The topological polar surface area (TPSA) is 72.5 Å². The zero-order chi connectivity index (χ0) is 24.8. The molecule has 4 aromatic carbocycles. The average molecular weight is 490 g/mol. The molecule has 0 bridgehead atoms. The minimum atomic E-state index is -3.29. The fraction of sp³-hybridized carbons (Fsp3) is 0.107. The highest BCUT2D eigenvalue weighted by atomic mass is 32.2. The maximum Gasteiger partial charge on any atom is 0.228 e. The molecule has 4 rings (SSSR count). The summed E-state index contributed by atoms with van der Waals surface area (Å²) in [6, 6.07) is 26.9. The molecule has 35 heavy (non-hydrogen) atoms. The number of hydrogen-bond donors (Lipinski definition) is 1. The number of rotatable bonds is 8. The van der Waals surface area contributed by atoms with Crippen LogP contribution < -0.4 is 10.1 Å². The number of hydrogen-bond acceptors (Lipinski definition) is 4. The molecule has 1 N–H and O–H groups in total. The van der Waals surface area contributed by atoms with Crippen LogP contribution in [0.25, 0.3) is 11.1 Å². The van der Waals surface area contributed by atoms with E-state index >= 15 is 0 Å². The maximum atomic E-state index is 13.8. The highest BCUT2D eigenvalue weighted by Gasteiger charge is 2.14. The van der Waals surface area contributed by atoms with Gasteiger partial charge in [0.2, 0.25) is 5.91 Å². The second-order valence-corrected chi connectivity index (χ2v) is 10.2. The Morgan fingerprint density at radius 3 is 2.31 bits per heavy atom. The first-order valence-corrected chi connectivity index (χ1v) is 12.7. The van der Waals surface area contributed by atoms with Gasteiger partial charge in [0.25, 0.3) is 0 Å². The molecule has 0 fully saturated rings. The Labute approximate surface area is 204 Å². The molecular weight excluding hydrogens is 465 g/mol. The Morgan fingerprint density at radius 1 is 0.886 bits per heavy atom. The van der Waals surface area contributed by atoms with Crippen LogP contribution in [0.1, 0.15) is 12.5 Å². The first-order chi connectivity index (χ1) is 16.8. The smallest absolute Gasteiger partial charge is 0.228 e. The molecule has 0 saturated carbocycles. The van der Waals surface area contributed by atoms with Gasteiger partial charge in [-0.1, -0.05) is 49.4 Å². The molecule has 1 amide bonds. The van der Waals surface area contributed by atoms with Crippen molar-refractivity contribution in [2.75, 3.05) is 11.1 Å². The number of benzene rings is 4. The van der Waals surface area contributed by atoms with Gasteiger partial charge in [0.1, 0.15) is 17.3 Å². The van der Waals surface area contributed by atoms with Crippen molar-refractivity contribution in [1.82, 2.24) is 0 Å². The van der Waals surface area contributed by atoms with Crippen LogP contribution in [0.2, 0.25) is 0 Å². The SMILES string of the molecule is CCS(=O)(=O)c1ccc(CC(=O)Nc2ccc(-c3cccc(F)c3)c(Oc3ccccc3)c2)cc1. The molecule has 0 heterocycles. The monoisotopic (exact) mass is 489 g/mol. The molecule has 4 aromatic rings. The summed E-state index contributed by atoms with van der Waals surface area (Å²) in [5.41, 5.74) is 2.54. The molecule has 0 aliphatic heterocycles. The van der Waals surface area contributed by atoms with Crippen molar-refractivity contribution in [3.63, 3.8) is 0 Å². The van der Waals surface area contributed by atoms with Crippen molar-refractivity contribution >= 4 is 21.4 Å². The molecule has 0 aromatic heterocycles. The Balaban J connectivity index is 1.55. The molecule has 7 heteroatoms. The first-order valence-electron chi connectivity index (χ1n) is 11.1. The molecule has 0 atom stereocenters. The van der Waals surface area contributed by atoms with Crippen molar-refractivity contribution in [3.05, 3.63) is 108 Å². The lowest BCUT2D eigenvalue weighted by Gasteiger charge is -2.14. The quantitative estimate of drug-likeness (QED) is 0.317. The highest BCUT2D eigenvalue weighted by molar-refractivity contribution is 7.91. The molecule has 0 radical (unpaired) electrons. The van der Waals surface area contributed by atoms with Gasteiger partial charge in [0.15, 0.2) is 9.84 Å². The first kappa shape index (κ1) is 24.2. The van der Waals surface area contributed by atoms with Gasteiger partial charge in [-0.3, -0.25) is 4.79 Å². The van der Waals surface area contributed by atoms with Gasteiger partial charge in [-0.15, -0.1) is 0 Å². The minimum Gasteiger partial charge on any atom is -0.457 e. The summed E-state index contributed by atoms with van der Waals surface area (Å²) in [6.07, 6.45) is 0.0764. The van der Waals surface area contributed by atoms with Gasteiger partial charge >= 0.3 is 0 Å². The Kier molecular flexibility index (Phi) is 7.27. The van der Waals surface area contributed by atoms with Gasteiger partial charge in [-0.2, -0.15) is 0 Å². The fourth-order valence-corrected chi connectivity index (χ4v) is 4.45. The maximum absolute atomic E-state index is 13.8. The number of halogens is 1. The number of para-hydroxylation sites is 1. The van der Waals surface area contributed by atoms with Crippen LogP contribution in [0, 0.1) is 5.82 Å². The van der Waals surface area contributed by atoms with Crippen molar-refractivity contribution < 1.29 is 22.3 Å². The number of carbonyl (C=O) groups excluding carboxylic acids is 1. The van der Waals surface area contributed by atoms with Crippen molar-refractivity contribution in [2.24, 2.45) is 0 Å². The third-order valence-corrected chi connectivity index (χ3v) is 7.15. The third-order valence-electron chi connectivity index (χ3n) is 5.40. The summed E-state index contributed by atoms with van der Waals surface area (Å²) < 4.78 is 43.9. The molecule has 0 unspecified atom stereocenters. The van der Waals surface area contributed by atoms with Gasteiger partial charge < -0.3 is 10.1 Å². The van der Waals surface area contributed by atoms with Crippen LogP contribution in [0.5, 0.6) is 11.5 Å². The van der Waals surface area contributed by atoms with E-state index in [9.17, 15) is 17.6 Å². The molecule has 0 aliphatic carbocycles. The molecule has 0 spiro atoms. The predicted molar refractivity (Wildman–Crippen MR) is 135 cm³/mol. The molecule has 0 saturated heterocycles. The molecule has 178 valence electrons. The number of sulfone groups is 1. The zero-order valence-corrected chi connectivity index (χ0v) is 19.9. The lowest BCUT2D eigenvalue weighted by molar-refractivity contribution is -0.115. The predicted octanol–water partition coefficient (Wildman–Crippen LogP) is 6.26. The lowest BCUT2D eigenvalue weighted by atomic mass is 10.0. The number of carbonyl (C=O) groups is 1. The van der Waals surface area contributed by atoms with E-state index in [1.165, 1.54) is 24.3 Å². The summed E-state index contributed by atoms with van der Waals surface area (Å²) in [7, 11) is -3.29. The van der Waals surface area contributed by atoms with E-state index in [0.717, 1.165) is 0 Å². The summed E-state index contributed by atoms with van der Waals surface area (Å²) >= 11 is 0. The molecular formula is C28H24FNO4S. The number of anilines is 1. The highest BCUT2D eigenvalue weighted by Crippen LogP contribution is 2.36. The van der Waals surface area contributed by atoms with E-state index in [1.54, 1.807) is 49.4 Å². The van der Waals surface area contributed by atoms with Crippen LogP contribution in [0.3, 0.4) is 0 Å². The Morgan fingerprint density at radius 2 is 1.63 bits per heavy atom. The van der Waals surface area contributed by atoms with Gasteiger partial charge in [0.05, 0.1) is 17.1 Å². The number of nitrogens with one attached hydrogen (secondary N) is 1. The Bertz CT molecular complexity index is 1440. The normalized spacial score (nSPS) is 11.1. The van der Waals surface area contributed by atoms with Crippen LogP contribution >= 0.6 is 0 Å². The summed E-state index contributed by atoms with van der Waals surface area (Å²) in [6.45, 7) is 1.59. The van der Waals surface area contributed by atoms with Crippen molar-refractivity contribution in [2.45, 2.75) is 18.2 Å². The fourth-order valence-electron chi connectivity index (χ4n) is 3.57. The number of amides is 1. The van der Waals surface area contributed by atoms with E-state index in [1.807, 2.05) is 30.3 Å². The van der Waals surface area contributed by atoms with E-state index in [2.05, 4.69) is 5.32 Å².